The first-order chi connectivity index (χ1) is 11.7. The summed E-state index contributed by atoms with van der Waals surface area (Å²) in [5.74, 6) is 0.424. The lowest BCUT2D eigenvalue weighted by Crippen LogP contribution is -2.33. The Balaban J connectivity index is 1.94. The molecule has 1 saturated carbocycles. The van der Waals surface area contributed by atoms with Gasteiger partial charge in [-0.05, 0) is 44.0 Å². The molecule has 0 amide bonds. The van der Waals surface area contributed by atoms with E-state index < -0.39 is 0 Å². The second-order valence-corrected chi connectivity index (χ2v) is 7.66. The Labute approximate surface area is 151 Å². The molecule has 1 atom stereocenters. The average molecular weight is 350 g/mol. The highest BCUT2D eigenvalue weighted by Gasteiger charge is 2.31. The van der Waals surface area contributed by atoms with Crippen LogP contribution in [0.5, 0.6) is 0 Å². The predicted molar refractivity (Wildman–Crippen MR) is 101 cm³/mol. The molecule has 24 heavy (non-hydrogen) atoms. The van der Waals surface area contributed by atoms with Gasteiger partial charge in [-0.1, -0.05) is 51.3 Å². The third-order valence-electron chi connectivity index (χ3n) is 4.86. The van der Waals surface area contributed by atoms with Crippen LogP contribution >= 0.6 is 11.8 Å². The van der Waals surface area contributed by atoms with Crippen LogP contribution in [-0.2, 0) is 9.53 Å². The molecule has 1 aliphatic carbocycles. The topological polar surface area (TPSA) is 29.5 Å². The van der Waals surface area contributed by atoms with Gasteiger partial charge in [0.25, 0.3) is 0 Å². The molecule has 0 heterocycles. The maximum atomic E-state index is 12.7. The SMILES string of the molecule is CCN(CC)CCOC(=O)C(Sc1ccccc1)C1CCCCC1. The van der Waals surface area contributed by atoms with Crippen molar-refractivity contribution < 1.29 is 9.53 Å². The van der Waals surface area contributed by atoms with E-state index in [4.69, 9.17) is 4.74 Å². The fraction of sp³-hybridized carbons (Fsp3) is 0.650. The molecule has 134 valence electrons. The van der Waals surface area contributed by atoms with Crippen LogP contribution in [-0.4, -0.2) is 42.4 Å². The molecule has 0 saturated heterocycles. The van der Waals surface area contributed by atoms with E-state index in [1.165, 1.54) is 19.3 Å². The number of ether oxygens (including phenoxy) is 1. The smallest absolute Gasteiger partial charge is 0.319 e. The van der Waals surface area contributed by atoms with Crippen molar-refractivity contribution in [3.8, 4) is 0 Å². The van der Waals surface area contributed by atoms with Gasteiger partial charge in [0, 0.05) is 11.4 Å². The molecule has 3 nitrogen and oxygen atoms in total. The summed E-state index contributed by atoms with van der Waals surface area (Å²) < 4.78 is 5.66. The van der Waals surface area contributed by atoms with E-state index in [1.807, 2.05) is 18.2 Å². The van der Waals surface area contributed by atoms with Crippen molar-refractivity contribution in [2.45, 2.75) is 56.1 Å². The van der Waals surface area contributed by atoms with Crippen molar-refractivity contribution in [2.75, 3.05) is 26.2 Å². The van der Waals surface area contributed by atoms with E-state index in [0.717, 1.165) is 37.4 Å². The number of likely N-dealkylation sites (N-methyl/N-ethyl adjacent to an activating group) is 1. The molecule has 4 heteroatoms. The molecule has 1 fully saturated rings. The molecule has 1 unspecified atom stereocenters. The Morgan fingerprint density at radius 2 is 1.83 bits per heavy atom. The standard InChI is InChI=1S/C20H31NO2S/c1-3-21(4-2)15-16-23-20(22)19(17-11-7-5-8-12-17)24-18-13-9-6-10-14-18/h6,9-10,13-14,17,19H,3-5,7-8,11-12,15-16H2,1-2H3. The van der Waals surface area contributed by atoms with Crippen LogP contribution in [0.3, 0.4) is 0 Å². The number of hydrogen-bond acceptors (Lipinski definition) is 4. The summed E-state index contributed by atoms with van der Waals surface area (Å²) in [5, 5.41) is -0.0654. The van der Waals surface area contributed by atoms with Gasteiger partial charge >= 0.3 is 5.97 Å². The highest BCUT2D eigenvalue weighted by Crippen LogP contribution is 2.36. The zero-order chi connectivity index (χ0) is 17.2. The number of nitrogens with zero attached hydrogens (tertiary/aromatic N) is 1. The van der Waals surface area contributed by atoms with Crippen LogP contribution in [0, 0.1) is 5.92 Å². The van der Waals surface area contributed by atoms with E-state index in [2.05, 4.69) is 30.9 Å². The molecule has 0 aromatic heterocycles. The molecule has 2 rings (SSSR count). The Morgan fingerprint density at radius 1 is 1.17 bits per heavy atom. The van der Waals surface area contributed by atoms with Crippen molar-refractivity contribution in [1.82, 2.24) is 4.90 Å². The summed E-state index contributed by atoms with van der Waals surface area (Å²) in [6.45, 7) is 7.60. The summed E-state index contributed by atoms with van der Waals surface area (Å²) in [4.78, 5) is 16.2. The van der Waals surface area contributed by atoms with E-state index >= 15 is 0 Å². The van der Waals surface area contributed by atoms with Gasteiger partial charge in [0.2, 0.25) is 0 Å². The number of carbonyl (C=O) groups excluding carboxylic acids is 1. The second-order valence-electron chi connectivity index (χ2n) is 6.44. The van der Waals surface area contributed by atoms with Crippen molar-refractivity contribution in [2.24, 2.45) is 5.92 Å². The van der Waals surface area contributed by atoms with Gasteiger partial charge in [0.1, 0.15) is 11.9 Å². The van der Waals surface area contributed by atoms with Crippen LogP contribution in [0.1, 0.15) is 46.0 Å². The number of benzene rings is 1. The molecule has 1 aromatic carbocycles. The van der Waals surface area contributed by atoms with Gasteiger partial charge in [0.05, 0.1) is 0 Å². The normalized spacial score (nSPS) is 17.0. The Hall–Kier alpha value is -1.00. The van der Waals surface area contributed by atoms with Crippen molar-refractivity contribution in [3.63, 3.8) is 0 Å². The first-order valence-electron chi connectivity index (χ1n) is 9.35. The fourth-order valence-corrected chi connectivity index (χ4v) is 4.55. The van der Waals surface area contributed by atoms with Gasteiger partial charge in [-0.15, -0.1) is 11.8 Å². The van der Waals surface area contributed by atoms with Gasteiger partial charge < -0.3 is 9.64 Å². The lowest BCUT2D eigenvalue weighted by atomic mass is 9.87. The zero-order valence-electron chi connectivity index (χ0n) is 15.1. The molecule has 1 aromatic rings. The maximum Gasteiger partial charge on any atom is 0.319 e. The van der Waals surface area contributed by atoms with E-state index in [1.54, 1.807) is 11.8 Å². The van der Waals surface area contributed by atoms with Gasteiger partial charge in [0.15, 0.2) is 0 Å². The molecule has 0 aliphatic heterocycles. The van der Waals surface area contributed by atoms with E-state index in [9.17, 15) is 4.79 Å². The lowest BCUT2D eigenvalue weighted by Gasteiger charge is -2.28. The van der Waals surface area contributed by atoms with Gasteiger partial charge in [-0.25, -0.2) is 0 Å². The maximum absolute atomic E-state index is 12.7. The van der Waals surface area contributed by atoms with Crippen LogP contribution in [0.2, 0.25) is 0 Å². The average Bonchev–Trinajstić information content (AvgIpc) is 2.64. The minimum Gasteiger partial charge on any atom is -0.463 e. The van der Waals surface area contributed by atoms with Gasteiger partial charge in [-0.3, -0.25) is 4.79 Å². The largest absolute Gasteiger partial charge is 0.463 e. The quantitative estimate of drug-likeness (QED) is 0.481. The number of hydrogen-bond donors (Lipinski definition) is 0. The van der Waals surface area contributed by atoms with Crippen LogP contribution in [0.4, 0.5) is 0 Å². The number of carbonyl (C=O) groups is 1. The highest BCUT2D eigenvalue weighted by molar-refractivity contribution is 8.00. The lowest BCUT2D eigenvalue weighted by molar-refractivity contribution is -0.144. The minimum atomic E-state index is -0.0654. The Bertz CT molecular complexity index is 470. The van der Waals surface area contributed by atoms with Crippen molar-refractivity contribution in [1.29, 1.82) is 0 Å². The first kappa shape index (κ1) is 19.3. The first-order valence-corrected chi connectivity index (χ1v) is 10.2. The molecule has 0 bridgehead atoms. The minimum absolute atomic E-state index is 0.0251. The second kappa shape index (κ2) is 10.8. The Morgan fingerprint density at radius 3 is 2.46 bits per heavy atom. The predicted octanol–water partition coefficient (Wildman–Crippen LogP) is 4.61. The summed E-state index contributed by atoms with van der Waals surface area (Å²) in [5.41, 5.74) is 0. The summed E-state index contributed by atoms with van der Waals surface area (Å²) in [7, 11) is 0. The van der Waals surface area contributed by atoms with Crippen LogP contribution in [0.15, 0.2) is 35.2 Å². The monoisotopic (exact) mass is 349 g/mol. The summed E-state index contributed by atoms with van der Waals surface area (Å²) in [6.07, 6.45) is 6.08. The third kappa shape index (κ3) is 6.14. The summed E-state index contributed by atoms with van der Waals surface area (Å²) in [6, 6.07) is 10.3. The third-order valence-corrected chi connectivity index (χ3v) is 6.24. The summed E-state index contributed by atoms with van der Waals surface area (Å²) >= 11 is 1.69. The number of thioether (sulfide) groups is 1. The van der Waals surface area contributed by atoms with Crippen molar-refractivity contribution >= 4 is 17.7 Å². The molecular formula is C20H31NO2S. The molecular weight excluding hydrogens is 318 g/mol. The van der Waals surface area contributed by atoms with Crippen molar-refractivity contribution in [3.05, 3.63) is 30.3 Å². The van der Waals surface area contributed by atoms with Gasteiger partial charge in [-0.2, -0.15) is 0 Å². The molecule has 0 N–H and O–H groups in total. The fourth-order valence-electron chi connectivity index (χ4n) is 3.32. The van der Waals surface area contributed by atoms with E-state index in [-0.39, 0.29) is 11.2 Å². The van der Waals surface area contributed by atoms with Crippen LogP contribution < -0.4 is 0 Å². The van der Waals surface area contributed by atoms with E-state index in [0.29, 0.717) is 12.5 Å². The Kier molecular flexibility index (Phi) is 8.68. The highest BCUT2D eigenvalue weighted by atomic mass is 32.2. The molecule has 0 radical (unpaired) electrons. The number of rotatable bonds is 9. The number of esters is 1. The van der Waals surface area contributed by atoms with Crippen LogP contribution in [0.25, 0.3) is 0 Å². The molecule has 1 aliphatic rings. The molecule has 0 spiro atoms. The zero-order valence-corrected chi connectivity index (χ0v) is 15.9.